The molecule has 0 fully saturated rings. The molecule has 0 amide bonds. The van der Waals surface area contributed by atoms with E-state index in [0.29, 0.717) is 10.9 Å². The molecule has 0 atom stereocenters. The molecule has 0 bridgehead atoms. The van der Waals surface area contributed by atoms with Crippen LogP contribution in [0.4, 0.5) is 0 Å². The first-order valence-electron chi connectivity index (χ1n) is 9.43. The zero-order chi connectivity index (χ0) is 22.1. The number of aromatic carboxylic acids is 1. The first-order chi connectivity index (χ1) is 14.3. The lowest BCUT2D eigenvalue weighted by Gasteiger charge is -2.10. The van der Waals surface area contributed by atoms with Crippen LogP contribution in [0, 0.1) is 20.8 Å². The Labute approximate surface area is 181 Å². The van der Waals surface area contributed by atoms with E-state index in [2.05, 4.69) is 47.3 Å². The van der Waals surface area contributed by atoms with Gasteiger partial charge in [0.15, 0.2) is 5.16 Å². The van der Waals surface area contributed by atoms with Gasteiger partial charge in [0.2, 0.25) is 5.88 Å². The number of nitrogens with zero attached hydrogens (tertiary/aromatic N) is 2. The smallest absolute Gasteiger partial charge is 0.342 e. The quantitative estimate of drug-likeness (QED) is 0.424. The molecule has 3 aromatic rings. The molecule has 2 N–H and O–H groups in total. The van der Waals surface area contributed by atoms with E-state index < -0.39 is 5.97 Å². The molecule has 0 spiro atoms. The number of hydrogen-bond acceptors (Lipinski definition) is 6. The third kappa shape index (κ3) is 6.86. The highest BCUT2D eigenvalue weighted by Gasteiger charge is 2.16. The van der Waals surface area contributed by atoms with E-state index in [-0.39, 0.29) is 11.4 Å². The zero-order valence-corrected chi connectivity index (χ0v) is 18.7. The van der Waals surface area contributed by atoms with Gasteiger partial charge < -0.3 is 15.2 Å². The molecule has 30 heavy (non-hydrogen) atoms. The minimum absolute atomic E-state index is 0.0546. The second-order valence-electron chi connectivity index (χ2n) is 6.77. The molecule has 158 valence electrons. The molecule has 3 rings (SSSR count). The van der Waals surface area contributed by atoms with Crippen LogP contribution in [0.25, 0.3) is 0 Å². The Kier molecular flexibility index (Phi) is 8.83. The predicted octanol–water partition coefficient (Wildman–Crippen LogP) is 5.02. The van der Waals surface area contributed by atoms with Crippen LogP contribution in [0.3, 0.4) is 0 Å². The van der Waals surface area contributed by atoms with Crippen LogP contribution in [0.1, 0.15) is 32.6 Å². The van der Waals surface area contributed by atoms with Gasteiger partial charge in [-0.3, -0.25) is 0 Å². The number of carbonyl (C=O) groups is 1. The Morgan fingerprint density at radius 3 is 2.37 bits per heavy atom. The van der Waals surface area contributed by atoms with Crippen LogP contribution in [-0.2, 0) is 6.54 Å². The number of para-hydroxylation sites is 1. The number of ether oxygens (including phenoxy) is 1. The Hall–Kier alpha value is -2.90. The summed E-state index contributed by atoms with van der Waals surface area (Å²) in [5.41, 5.74) is 4.90. The standard InChI is InChI=1S/C13H12N2O3S.C10H15N/c1-8-5-3-4-6-10(8)18-11-9(12(16)17)7-14-13(15-11)19-2;1-8-4-9(2)6-10(5-8)7-11-3/h3-7H,1-2H3,(H,16,17);4-6,11H,7H2,1-3H3. The second kappa shape index (κ2) is 11.3. The Balaban J connectivity index is 0.000000248. The summed E-state index contributed by atoms with van der Waals surface area (Å²) in [6.07, 6.45) is 3.07. The normalized spacial score (nSPS) is 10.2. The number of benzene rings is 2. The van der Waals surface area contributed by atoms with Gasteiger partial charge >= 0.3 is 5.97 Å². The lowest BCUT2D eigenvalue weighted by Crippen LogP contribution is -2.05. The van der Waals surface area contributed by atoms with Crippen LogP contribution >= 0.6 is 11.8 Å². The molecule has 6 nitrogen and oxygen atoms in total. The largest absolute Gasteiger partial charge is 0.477 e. The third-order valence-electron chi connectivity index (χ3n) is 4.11. The second-order valence-corrected chi connectivity index (χ2v) is 7.55. The molecule has 0 radical (unpaired) electrons. The molecule has 0 saturated heterocycles. The lowest BCUT2D eigenvalue weighted by atomic mass is 10.1. The van der Waals surface area contributed by atoms with Gasteiger partial charge in [0.1, 0.15) is 11.3 Å². The van der Waals surface area contributed by atoms with Crippen LogP contribution < -0.4 is 10.1 Å². The topological polar surface area (TPSA) is 84.3 Å². The Morgan fingerprint density at radius 2 is 1.80 bits per heavy atom. The van der Waals surface area contributed by atoms with E-state index in [1.165, 1.54) is 34.6 Å². The van der Waals surface area contributed by atoms with Crippen LogP contribution in [0.2, 0.25) is 0 Å². The van der Waals surface area contributed by atoms with Crippen molar-refractivity contribution in [1.82, 2.24) is 15.3 Å². The van der Waals surface area contributed by atoms with Crippen molar-refractivity contribution in [2.75, 3.05) is 13.3 Å². The minimum Gasteiger partial charge on any atom is -0.477 e. The molecule has 0 aliphatic rings. The van der Waals surface area contributed by atoms with Gasteiger partial charge in [-0.05, 0) is 51.3 Å². The van der Waals surface area contributed by atoms with Gasteiger partial charge in [0.05, 0.1) is 0 Å². The summed E-state index contributed by atoms with van der Waals surface area (Å²) in [6, 6.07) is 14.0. The monoisotopic (exact) mass is 425 g/mol. The number of carboxylic acids is 1. The molecular formula is C23H27N3O3S. The summed E-state index contributed by atoms with van der Waals surface area (Å²) in [5, 5.41) is 12.7. The molecular weight excluding hydrogens is 398 g/mol. The average molecular weight is 426 g/mol. The maximum Gasteiger partial charge on any atom is 0.342 e. The highest BCUT2D eigenvalue weighted by Crippen LogP contribution is 2.27. The first kappa shape index (κ1) is 23.4. The van der Waals surface area contributed by atoms with E-state index in [1.807, 2.05) is 38.4 Å². The van der Waals surface area contributed by atoms with Crippen LogP contribution in [-0.4, -0.2) is 34.3 Å². The molecule has 1 aromatic heterocycles. The highest BCUT2D eigenvalue weighted by molar-refractivity contribution is 7.98. The van der Waals surface area contributed by atoms with Crippen molar-refractivity contribution in [1.29, 1.82) is 0 Å². The molecule has 0 aliphatic carbocycles. The third-order valence-corrected chi connectivity index (χ3v) is 4.67. The molecule has 0 saturated carbocycles. The van der Waals surface area contributed by atoms with Gasteiger partial charge in [-0.25, -0.2) is 9.78 Å². The van der Waals surface area contributed by atoms with Gasteiger partial charge in [-0.15, -0.1) is 0 Å². The number of nitrogens with one attached hydrogen (secondary N) is 1. The van der Waals surface area contributed by atoms with Crippen LogP contribution in [0.15, 0.2) is 53.8 Å². The van der Waals surface area contributed by atoms with E-state index >= 15 is 0 Å². The van der Waals surface area contributed by atoms with Crippen molar-refractivity contribution in [3.8, 4) is 11.6 Å². The molecule has 2 aromatic carbocycles. The average Bonchev–Trinajstić information content (AvgIpc) is 2.69. The zero-order valence-electron chi connectivity index (χ0n) is 17.9. The van der Waals surface area contributed by atoms with E-state index in [0.717, 1.165) is 12.1 Å². The summed E-state index contributed by atoms with van der Waals surface area (Å²) < 4.78 is 5.60. The first-order valence-corrected chi connectivity index (χ1v) is 10.7. The van der Waals surface area contributed by atoms with Crippen molar-refractivity contribution in [3.05, 3.63) is 76.5 Å². The highest BCUT2D eigenvalue weighted by atomic mass is 32.2. The molecule has 0 aliphatic heterocycles. The summed E-state index contributed by atoms with van der Waals surface area (Å²) in [6.45, 7) is 7.10. The number of rotatable bonds is 6. The van der Waals surface area contributed by atoms with Crippen molar-refractivity contribution >= 4 is 17.7 Å². The molecule has 0 unspecified atom stereocenters. The Bertz CT molecular complexity index is 988. The van der Waals surface area contributed by atoms with Gasteiger partial charge in [-0.2, -0.15) is 4.98 Å². The molecule has 7 heteroatoms. The van der Waals surface area contributed by atoms with Crippen LogP contribution in [0.5, 0.6) is 11.6 Å². The van der Waals surface area contributed by atoms with Crippen molar-refractivity contribution < 1.29 is 14.6 Å². The van der Waals surface area contributed by atoms with Crippen molar-refractivity contribution in [2.24, 2.45) is 0 Å². The summed E-state index contributed by atoms with van der Waals surface area (Å²) in [4.78, 5) is 19.2. The fourth-order valence-electron chi connectivity index (χ4n) is 2.82. The molecule has 1 heterocycles. The summed E-state index contributed by atoms with van der Waals surface area (Å²) in [5.74, 6) is -0.479. The van der Waals surface area contributed by atoms with Gasteiger partial charge in [-0.1, -0.05) is 59.3 Å². The number of aryl methyl sites for hydroxylation is 3. The summed E-state index contributed by atoms with van der Waals surface area (Å²) >= 11 is 1.32. The lowest BCUT2D eigenvalue weighted by molar-refractivity contribution is 0.0692. The SMILES string of the molecule is CNCc1cc(C)cc(C)c1.CSc1ncc(C(=O)O)c(Oc2ccccc2C)n1. The maximum atomic E-state index is 11.1. The van der Waals surface area contributed by atoms with Gasteiger partial charge in [0, 0.05) is 12.7 Å². The van der Waals surface area contributed by atoms with E-state index in [9.17, 15) is 4.79 Å². The number of hydrogen-bond donors (Lipinski definition) is 2. The minimum atomic E-state index is -1.11. The van der Waals surface area contributed by atoms with E-state index in [4.69, 9.17) is 9.84 Å². The summed E-state index contributed by atoms with van der Waals surface area (Å²) in [7, 11) is 1.97. The Morgan fingerprint density at radius 1 is 1.13 bits per heavy atom. The van der Waals surface area contributed by atoms with E-state index in [1.54, 1.807) is 6.07 Å². The number of aromatic nitrogens is 2. The fraction of sp³-hybridized carbons (Fsp3) is 0.261. The maximum absolute atomic E-state index is 11.1. The number of carboxylic acid groups (broad SMARTS) is 1. The fourth-order valence-corrected chi connectivity index (χ4v) is 3.16. The van der Waals surface area contributed by atoms with Crippen molar-refractivity contribution in [2.45, 2.75) is 32.5 Å². The van der Waals surface area contributed by atoms with Crippen molar-refractivity contribution in [3.63, 3.8) is 0 Å². The van der Waals surface area contributed by atoms with Gasteiger partial charge in [0.25, 0.3) is 0 Å². The number of thioether (sulfide) groups is 1. The predicted molar refractivity (Wildman–Crippen MR) is 121 cm³/mol.